The third kappa shape index (κ3) is 2.87. The molecule has 19 heavy (non-hydrogen) atoms. The van der Waals surface area contributed by atoms with Crippen molar-refractivity contribution in [2.75, 3.05) is 7.11 Å². The lowest BCUT2D eigenvalue weighted by Gasteiger charge is -2.03. The number of ether oxygens (including phenoxy) is 1. The Morgan fingerprint density at radius 3 is 2.89 bits per heavy atom. The summed E-state index contributed by atoms with van der Waals surface area (Å²) in [5, 5.41) is 8.59. The molecule has 0 spiro atoms. The highest BCUT2D eigenvalue weighted by molar-refractivity contribution is 9.10. The van der Waals surface area contributed by atoms with Crippen LogP contribution >= 0.6 is 27.3 Å². The van der Waals surface area contributed by atoms with Crippen LogP contribution in [-0.2, 0) is 6.54 Å². The number of amides is 1. The summed E-state index contributed by atoms with van der Waals surface area (Å²) < 4.78 is 5.97. The molecule has 0 saturated heterocycles. The van der Waals surface area contributed by atoms with Gasteiger partial charge in [0.2, 0.25) is 0 Å². The molecule has 102 valence electrons. The SMILES string of the molecule is COc1c(C(=O)NCc2n[nH]c(=O)[nH]2)sc(C)c1Br. The van der Waals surface area contributed by atoms with Crippen molar-refractivity contribution in [3.05, 3.63) is 30.5 Å². The van der Waals surface area contributed by atoms with Crippen LogP contribution < -0.4 is 15.7 Å². The second kappa shape index (κ2) is 5.57. The molecule has 2 aromatic rings. The van der Waals surface area contributed by atoms with Gasteiger partial charge in [0.25, 0.3) is 5.91 Å². The fourth-order valence-electron chi connectivity index (χ4n) is 1.47. The Kier molecular flexibility index (Phi) is 4.05. The molecule has 0 fully saturated rings. The van der Waals surface area contributed by atoms with Crippen LogP contribution in [0.15, 0.2) is 9.27 Å². The topological polar surface area (TPSA) is 99.9 Å². The standard InChI is InChI=1S/C10H11BrN4O3S/c1-4-6(11)7(18-2)8(19-4)9(16)12-3-5-13-10(17)15-14-5/h3H2,1-2H3,(H,12,16)(H2,13,14,15,17). The van der Waals surface area contributed by atoms with Gasteiger partial charge in [0.15, 0.2) is 5.75 Å². The Bertz CT molecular complexity index is 660. The Labute approximate surface area is 120 Å². The zero-order chi connectivity index (χ0) is 14.0. The normalized spacial score (nSPS) is 10.5. The minimum atomic E-state index is -0.406. The third-order valence-corrected chi connectivity index (χ3v) is 4.65. The van der Waals surface area contributed by atoms with Crippen LogP contribution in [0, 0.1) is 6.92 Å². The molecule has 0 aromatic carbocycles. The second-order valence-electron chi connectivity index (χ2n) is 3.64. The van der Waals surface area contributed by atoms with Crippen molar-refractivity contribution < 1.29 is 9.53 Å². The van der Waals surface area contributed by atoms with Crippen molar-refractivity contribution >= 4 is 33.2 Å². The molecule has 0 saturated carbocycles. The fraction of sp³-hybridized carbons (Fsp3) is 0.300. The maximum atomic E-state index is 12.0. The van der Waals surface area contributed by atoms with Crippen molar-refractivity contribution in [3.8, 4) is 5.75 Å². The molecule has 3 N–H and O–H groups in total. The minimum absolute atomic E-state index is 0.134. The lowest BCUT2D eigenvalue weighted by Crippen LogP contribution is -2.23. The number of carbonyl (C=O) groups is 1. The molecule has 0 atom stereocenters. The second-order valence-corrected chi connectivity index (χ2v) is 5.66. The smallest absolute Gasteiger partial charge is 0.340 e. The first kappa shape index (κ1) is 13.8. The highest BCUT2D eigenvalue weighted by atomic mass is 79.9. The van der Waals surface area contributed by atoms with E-state index in [9.17, 15) is 9.59 Å². The van der Waals surface area contributed by atoms with Crippen LogP contribution in [-0.4, -0.2) is 28.2 Å². The van der Waals surface area contributed by atoms with Crippen molar-refractivity contribution in [1.29, 1.82) is 0 Å². The van der Waals surface area contributed by atoms with Crippen LogP contribution in [0.4, 0.5) is 0 Å². The quantitative estimate of drug-likeness (QED) is 0.773. The predicted molar refractivity (Wildman–Crippen MR) is 73.7 cm³/mol. The summed E-state index contributed by atoms with van der Waals surface area (Å²) in [5.41, 5.74) is -0.406. The van der Waals surface area contributed by atoms with Gasteiger partial charge in [-0.25, -0.2) is 9.89 Å². The van der Waals surface area contributed by atoms with Crippen LogP contribution in [0.2, 0.25) is 0 Å². The highest BCUT2D eigenvalue weighted by Crippen LogP contribution is 2.38. The monoisotopic (exact) mass is 346 g/mol. The number of methoxy groups -OCH3 is 1. The summed E-state index contributed by atoms with van der Waals surface area (Å²) in [5.74, 6) is 0.597. The molecule has 2 aromatic heterocycles. The number of H-pyrrole nitrogens is 2. The molecule has 7 nitrogen and oxygen atoms in total. The summed E-state index contributed by atoms with van der Waals surface area (Å²) in [6.07, 6.45) is 0. The molecule has 2 rings (SSSR count). The van der Waals surface area contributed by atoms with E-state index in [0.29, 0.717) is 16.5 Å². The van der Waals surface area contributed by atoms with Crippen LogP contribution in [0.25, 0.3) is 0 Å². The lowest BCUT2D eigenvalue weighted by atomic mass is 10.3. The van der Waals surface area contributed by atoms with E-state index < -0.39 is 5.69 Å². The molecule has 0 aliphatic rings. The number of rotatable bonds is 4. The van der Waals surface area contributed by atoms with Crippen molar-refractivity contribution in [1.82, 2.24) is 20.5 Å². The van der Waals surface area contributed by atoms with E-state index in [1.807, 2.05) is 6.92 Å². The molecule has 0 bridgehead atoms. The summed E-state index contributed by atoms with van der Waals surface area (Å²) in [7, 11) is 1.51. The van der Waals surface area contributed by atoms with Gasteiger partial charge < -0.3 is 10.1 Å². The molecule has 0 unspecified atom stereocenters. The van der Waals surface area contributed by atoms with Gasteiger partial charge in [-0.05, 0) is 22.9 Å². The van der Waals surface area contributed by atoms with Crippen LogP contribution in [0.1, 0.15) is 20.4 Å². The molecule has 2 heterocycles. The van der Waals surface area contributed by atoms with Gasteiger partial charge in [0, 0.05) is 4.88 Å². The Hall–Kier alpha value is -1.61. The average Bonchev–Trinajstić information content (AvgIpc) is 2.92. The van der Waals surface area contributed by atoms with Gasteiger partial charge in [-0.3, -0.25) is 9.78 Å². The minimum Gasteiger partial charge on any atom is -0.494 e. The largest absolute Gasteiger partial charge is 0.494 e. The van der Waals surface area contributed by atoms with Crippen molar-refractivity contribution in [2.45, 2.75) is 13.5 Å². The Balaban J connectivity index is 2.12. The number of hydrogen-bond acceptors (Lipinski definition) is 5. The van der Waals surface area contributed by atoms with Crippen molar-refractivity contribution in [2.24, 2.45) is 0 Å². The van der Waals surface area contributed by atoms with Gasteiger partial charge in [-0.15, -0.1) is 11.3 Å². The highest BCUT2D eigenvalue weighted by Gasteiger charge is 2.20. The zero-order valence-corrected chi connectivity index (χ0v) is 12.6. The predicted octanol–water partition coefficient (Wildman–Crippen LogP) is 1.17. The molecule has 0 aliphatic carbocycles. The first-order valence-corrected chi connectivity index (χ1v) is 6.88. The molecule has 0 aliphatic heterocycles. The number of aryl methyl sites for hydroxylation is 1. The van der Waals surface area contributed by atoms with Gasteiger partial charge in [-0.1, -0.05) is 0 Å². The van der Waals surface area contributed by atoms with Gasteiger partial charge in [-0.2, -0.15) is 5.10 Å². The van der Waals surface area contributed by atoms with E-state index in [4.69, 9.17) is 4.74 Å². The molecule has 1 amide bonds. The number of hydrogen-bond donors (Lipinski definition) is 3. The van der Waals surface area contributed by atoms with Crippen molar-refractivity contribution in [3.63, 3.8) is 0 Å². The first-order chi connectivity index (χ1) is 9.02. The Morgan fingerprint density at radius 1 is 1.58 bits per heavy atom. The maximum Gasteiger partial charge on any atom is 0.340 e. The van der Waals surface area contributed by atoms with E-state index >= 15 is 0 Å². The Morgan fingerprint density at radius 2 is 2.32 bits per heavy atom. The van der Waals surface area contributed by atoms with E-state index in [0.717, 1.165) is 9.35 Å². The molecule has 9 heteroatoms. The van der Waals surface area contributed by atoms with Gasteiger partial charge in [0.05, 0.1) is 18.1 Å². The van der Waals surface area contributed by atoms with Gasteiger partial charge >= 0.3 is 5.69 Å². The number of thiophene rings is 1. The first-order valence-electron chi connectivity index (χ1n) is 5.27. The fourth-order valence-corrected chi connectivity index (χ4v) is 3.13. The summed E-state index contributed by atoms with van der Waals surface area (Å²) in [6.45, 7) is 2.02. The zero-order valence-electron chi connectivity index (χ0n) is 10.2. The van der Waals surface area contributed by atoms with Gasteiger partial charge in [0.1, 0.15) is 10.7 Å². The third-order valence-electron chi connectivity index (χ3n) is 2.35. The maximum absolute atomic E-state index is 12.0. The summed E-state index contributed by atoms with van der Waals surface area (Å²) in [4.78, 5) is 26.8. The molecular formula is C10H11BrN4O3S. The lowest BCUT2D eigenvalue weighted by molar-refractivity contribution is 0.0951. The van der Waals surface area contributed by atoms with E-state index in [1.54, 1.807) is 0 Å². The number of carbonyl (C=O) groups excluding carboxylic acids is 1. The van der Waals surface area contributed by atoms with E-state index in [-0.39, 0.29) is 12.5 Å². The van der Waals surface area contributed by atoms with Crippen LogP contribution in [0.5, 0.6) is 5.75 Å². The number of halogens is 1. The summed E-state index contributed by atoms with van der Waals surface area (Å²) in [6, 6.07) is 0. The van der Waals surface area contributed by atoms with E-state index in [2.05, 4.69) is 36.4 Å². The summed E-state index contributed by atoms with van der Waals surface area (Å²) >= 11 is 4.70. The number of aromatic nitrogens is 3. The van der Waals surface area contributed by atoms with E-state index in [1.165, 1.54) is 18.4 Å². The molecule has 0 radical (unpaired) electrons. The number of nitrogens with zero attached hydrogens (tertiary/aromatic N) is 1. The molecular weight excluding hydrogens is 336 g/mol. The number of nitrogens with one attached hydrogen (secondary N) is 3. The average molecular weight is 347 g/mol. The number of aromatic amines is 2. The van der Waals surface area contributed by atoms with Crippen LogP contribution in [0.3, 0.4) is 0 Å².